The van der Waals surface area contributed by atoms with Gasteiger partial charge in [-0.3, -0.25) is 4.98 Å². The summed E-state index contributed by atoms with van der Waals surface area (Å²) in [5.74, 6) is 0.814. The number of nitrogens with one attached hydrogen (secondary N) is 1. The Bertz CT molecular complexity index is 799. The Morgan fingerprint density at radius 2 is 1.95 bits per heavy atom. The third-order valence-electron chi connectivity index (χ3n) is 3.31. The van der Waals surface area contributed by atoms with Gasteiger partial charge in [-0.25, -0.2) is 0 Å². The summed E-state index contributed by atoms with van der Waals surface area (Å²) in [7, 11) is 1.66. The number of benzene rings is 2. The fourth-order valence-corrected chi connectivity index (χ4v) is 2.34. The number of nitrogen functional groups attached to an aromatic ring is 1. The second-order valence-corrected chi connectivity index (χ2v) is 4.94. The van der Waals surface area contributed by atoms with E-state index in [0.717, 1.165) is 39.4 Å². The molecule has 4 heteroatoms. The number of aromatic nitrogens is 1. The molecule has 2 aromatic carbocycles. The van der Waals surface area contributed by atoms with E-state index < -0.39 is 0 Å². The third-order valence-corrected chi connectivity index (χ3v) is 3.31. The van der Waals surface area contributed by atoms with Crippen molar-refractivity contribution < 1.29 is 4.74 Å². The Morgan fingerprint density at radius 3 is 2.76 bits per heavy atom. The van der Waals surface area contributed by atoms with Gasteiger partial charge in [0.25, 0.3) is 0 Å². The molecule has 0 atom stereocenters. The van der Waals surface area contributed by atoms with Gasteiger partial charge in [0.2, 0.25) is 0 Å². The van der Waals surface area contributed by atoms with Gasteiger partial charge in [-0.1, -0.05) is 6.07 Å². The first kappa shape index (κ1) is 13.2. The Labute approximate surface area is 123 Å². The summed E-state index contributed by atoms with van der Waals surface area (Å²) in [5, 5.41) is 4.42. The summed E-state index contributed by atoms with van der Waals surface area (Å²) in [6.45, 7) is 1.98. The summed E-state index contributed by atoms with van der Waals surface area (Å²) in [5.41, 5.74) is 10.4. The van der Waals surface area contributed by atoms with Crippen LogP contribution in [0.4, 0.5) is 17.1 Å². The number of anilines is 3. The van der Waals surface area contributed by atoms with Crippen molar-refractivity contribution >= 4 is 28.0 Å². The number of hydrogen-bond donors (Lipinski definition) is 2. The van der Waals surface area contributed by atoms with E-state index in [0.29, 0.717) is 0 Å². The molecule has 0 unspecified atom stereocenters. The molecule has 4 nitrogen and oxygen atoms in total. The van der Waals surface area contributed by atoms with Crippen LogP contribution < -0.4 is 15.8 Å². The van der Waals surface area contributed by atoms with Gasteiger partial charge in [-0.2, -0.15) is 0 Å². The molecule has 3 rings (SSSR count). The van der Waals surface area contributed by atoms with Crippen molar-refractivity contribution in [3.05, 3.63) is 54.2 Å². The SMILES string of the molecule is COc1cccc(Nc2cc(C)nc3ccc(N)cc23)c1. The summed E-state index contributed by atoms with van der Waals surface area (Å²) < 4.78 is 5.25. The minimum Gasteiger partial charge on any atom is -0.497 e. The lowest BCUT2D eigenvalue weighted by Crippen LogP contribution is -1.96. The maximum Gasteiger partial charge on any atom is 0.120 e. The van der Waals surface area contributed by atoms with Gasteiger partial charge in [-0.15, -0.1) is 0 Å². The van der Waals surface area contributed by atoms with Gasteiger partial charge < -0.3 is 15.8 Å². The summed E-state index contributed by atoms with van der Waals surface area (Å²) >= 11 is 0. The number of hydrogen-bond acceptors (Lipinski definition) is 4. The van der Waals surface area contributed by atoms with E-state index in [-0.39, 0.29) is 0 Å². The lowest BCUT2D eigenvalue weighted by atomic mass is 10.1. The fraction of sp³-hybridized carbons (Fsp3) is 0.118. The minimum atomic E-state index is 0.724. The van der Waals surface area contributed by atoms with Crippen molar-refractivity contribution in [3.8, 4) is 5.75 Å². The number of fused-ring (bicyclic) bond motifs is 1. The van der Waals surface area contributed by atoms with E-state index in [1.54, 1.807) is 7.11 Å². The molecular weight excluding hydrogens is 262 g/mol. The minimum absolute atomic E-state index is 0.724. The lowest BCUT2D eigenvalue weighted by Gasteiger charge is -2.12. The van der Waals surface area contributed by atoms with Crippen molar-refractivity contribution in [3.63, 3.8) is 0 Å². The zero-order valence-corrected chi connectivity index (χ0v) is 12.1. The second kappa shape index (κ2) is 5.32. The van der Waals surface area contributed by atoms with Crippen LogP contribution in [0.3, 0.4) is 0 Å². The molecule has 3 aromatic rings. The average molecular weight is 279 g/mol. The first-order valence-corrected chi connectivity index (χ1v) is 6.74. The lowest BCUT2D eigenvalue weighted by molar-refractivity contribution is 0.415. The summed E-state index contributed by atoms with van der Waals surface area (Å²) in [6, 6.07) is 15.6. The number of rotatable bonds is 3. The van der Waals surface area contributed by atoms with Crippen molar-refractivity contribution in [2.75, 3.05) is 18.2 Å². The standard InChI is InChI=1S/C17H17N3O/c1-11-8-17(15-9-12(18)6-7-16(15)19-11)20-13-4-3-5-14(10-13)21-2/h3-10H,18H2,1-2H3,(H,19,20). The Balaban J connectivity index is 2.08. The van der Waals surface area contributed by atoms with E-state index in [1.165, 1.54) is 0 Å². The van der Waals surface area contributed by atoms with E-state index in [9.17, 15) is 0 Å². The molecule has 0 amide bonds. The zero-order chi connectivity index (χ0) is 14.8. The number of nitrogens with two attached hydrogens (primary N) is 1. The van der Waals surface area contributed by atoms with Crippen LogP contribution in [0.5, 0.6) is 5.75 Å². The third kappa shape index (κ3) is 2.74. The van der Waals surface area contributed by atoms with Crippen LogP contribution in [0.1, 0.15) is 5.69 Å². The van der Waals surface area contributed by atoms with Gasteiger partial charge in [-0.05, 0) is 43.3 Å². The fourth-order valence-electron chi connectivity index (χ4n) is 2.34. The van der Waals surface area contributed by atoms with Crippen molar-refractivity contribution in [1.82, 2.24) is 4.98 Å². The van der Waals surface area contributed by atoms with Crippen molar-refractivity contribution in [1.29, 1.82) is 0 Å². The molecule has 0 bridgehead atoms. The van der Waals surface area contributed by atoms with Crippen LogP contribution >= 0.6 is 0 Å². The molecule has 0 aliphatic rings. The highest BCUT2D eigenvalue weighted by Crippen LogP contribution is 2.29. The summed E-state index contributed by atoms with van der Waals surface area (Å²) in [4.78, 5) is 4.53. The molecule has 106 valence electrons. The smallest absolute Gasteiger partial charge is 0.120 e. The normalized spacial score (nSPS) is 10.6. The first-order chi connectivity index (χ1) is 10.2. The van der Waals surface area contributed by atoms with Crippen molar-refractivity contribution in [2.45, 2.75) is 6.92 Å². The van der Waals surface area contributed by atoms with Gasteiger partial charge in [0.1, 0.15) is 5.75 Å². The molecule has 1 aromatic heterocycles. The molecule has 0 spiro atoms. The Kier molecular flexibility index (Phi) is 3.36. The predicted molar refractivity (Wildman–Crippen MR) is 87.2 cm³/mol. The van der Waals surface area contributed by atoms with Crippen LogP contribution in [-0.4, -0.2) is 12.1 Å². The Morgan fingerprint density at radius 1 is 1.10 bits per heavy atom. The average Bonchev–Trinajstić information content (AvgIpc) is 2.48. The van der Waals surface area contributed by atoms with Gasteiger partial charge in [0.15, 0.2) is 0 Å². The monoisotopic (exact) mass is 279 g/mol. The molecular formula is C17H17N3O. The maximum absolute atomic E-state index is 5.89. The van der Waals surface area contributed by atoms with E-state index in [2.05, 4.69) is 10.3 Å². The van der Waals surface area contributed by atoms with Gasteiger partial charge in [0.05, 0.1) is 12.6 Å². The molecule has 0 fully saturated rings. The molecule has 21 heavy (non-hydrogen) atoms. The molecule has 0 aliphatic carbocycles. The van der Waals surface area contributed by atoms with E-state index >= 15 is 0 Å². The summed E-state index contributed by atoms with van der Waals surface area (Å²) in [6.07, 6.45) is 0. The number of aryl methyl sites for hydroxylation is 1. The van der Waals surface area contributed by atoms with E-state index in [4.69, 9.17) is 10.5 Å². The number of nitrogens with zero attached hydrogens (tertiary/aromatic N) is 1. The molecule has 1 heterocycles. The second-order valence-electron chi connectivity index (χ2n) is 4.94. The zero-order valence-electron chi connectivity index (χ0n) is 12.1. The van der Waals surface area contributed by atoms with Crippen LogP contribution in [0.2, 0.25) is 0 Å². The van der Waals surface area contributed by atoms with Crippen LogP contribution in [0.15, 0.2) is 48.5 Å². The van der Waals surface area contributed by atoms with Crippen molar-refractivity contribution in [2.24, 2.45) is 0 Å². The van der Waals surface area contributed by atoms with Gasteiger partial charge in [0, 0.05) is 34.2 Å². The molecule has 0 saturated carbocycles. The van der Waals surface area contributed by atoms with Crippen LogP contribution in [-0.2, 0) is 0 Å². The number of methoxy groups -OCH3 is 1. The maximum atomic E-state index is 5.89. The highest BCUT2D eigenvalue weighted by atomic mass is 16.5. The highest BCUT2D eigenvalue weighted by molar-refractivity contribution is 5.95. The van der Waals surface area contributed by atoms with Crippen LogP contribution in [0, 0.1) is 6.92 Å². The Hall–Kier alpha value is -2.75. The van der Waals surface area contributed by atoms with Gasteiger partial charge >= 0.3 is 0 Å². The largest absolute Gasteiger partial charge is 0.497 e. The molecule has 0 aliphatic heterocycles. The molecule has 3 N–H and O–H groups in total. The predicted octanol–water partition coefficient (Wildman–Crippen LogP) is 3.88. The quantitative estimate of drug-likeness (QED) is 0.714. The molecule has 0 saturated heterocycles. The topological polar surface area (TPSA) is 60.2 Å². The molecule has 0 radical (unpaired) electrons. The highest BCUT2D eigenvalue weighted by Gasteiger charge is 2.05. The number of pyridine rings is 1. The van der Waals surface area contributed by atoms with Crippen LogP contribution in [0.25, 0.3) is 10.9 Å². The number of ether oxygens (including phenoxy) is 1. The first-order valence-electron chi connectivity index (χ1n) is 6.74. The van der Waals surface area contributed by atoms with E-state index in [1.807, 2.05) is 55.5 Å².